The van der Waals surface area contributed by atoms with Crippen molar-refractivity contribution in [3.05, 3.63) is 45.4 Å². The lowest BCUT2D eigenvalue weighted by Crippen LogP contribution is -1.93. The number of nitrogens with one attached hydrogen (secondary N) is 1. The lowest BCUT2D eigenvalue weighted by atomic mass is 10.2. The lowest BCUT2D eigenvalue weighted by molar-refractivity contribution is 0.372. The van der Waals surface area contributed by atoms with Gasteiger partial charge in [-0.25, -0.2) is 0 Å². The number of halogens is 2. The number of anilines is 1. The van der Waals surface area contributed by atoms with Crippen LogP contribution in [0.15, 0.2) is 39.9 Å². The van der Waals surface area contributed by atoms with Gasteiger partial charge in [0.15, 0.2) is 11.5 Å². The molecule has 0 amide bonds. The van der Waals surface area contributed by atoms with Gasteiger partial charge in [-0.2, -0.15) is 5.10 Å². The number of nitrogens with zero attached hydrogens (tertiary/aromatic N) is 1. The van der Waals surface area contributed by atoms with Crippen molar-refractivity contribution in [2.75, 3.05) is 19.6 Å². The van der Waals surface area contributed by atoms with Crippen molar-refractivity contribution in [1.29, 1.82) is 0 Å². The number of phenols is 1. The quantitative estimate of drug-likeness (QED) is 0.596. The van der Waals surface area contributed by atoms with Crippen molar-refractivity contribution in [2.24, 2.45) is 5.10 Å². The Bertz CT molecular complexity index is 707. The Hall–Kier alpha value is -1.92. The molecule has 7 heteroatoms. The van der Waals surface area contributed by atoms with Crippen LogP contribution >= 0.6 is 27.5 Å². The van der Waals surface area contributed by atoms with E-state index in [0.717, 1.165) is 5.69 Å². The lowest BCUT2D eigenvalue weighted by Gasteiger charge is -2.07. The fourth-order valence-electron chi connectivity index (χ4n) is 1.74. The van der Waals surface area contributed by atoms with Gasteiger partial charge in [-0.1, -0.05) is 11.6 Å². The van der Waals surface area contributed by atoms with Crippen LogP contribution in [-0.4, -0.2) is 25.5 Å². The number of hydrazone groups is 1. The molecule has 22 heavy (non-hydrogen) atoms. The van der Waals surface area contributed by atoms with E-state index in [2.05, 4.69) is 26.5 Å². The first-order valence-electron chi connectivity index (χ1n) is 6.25. The third-order valence-electron chi connectivity index (χ3n) is 2.88. The second-order valence-corrected chi connectivity index (χ2v) is 5.44. The van der Waals surface area contributed by atoms with Crippen LogP contribution in [0.25, 0.3) is 0 Å². The van der Waals surface area contributed by atoms with Crippen LogP contribution in [0.3, 0.4) is 0 Å². The summed E-state index contributed by atoms with van der Waals surface area (Å²) in [5.74, 6) is 1.01. The van der Waals surface area contributed by atoms with E-state index in [-0.39, 0.29) is 5.75 Å². The van der Waals surface area contributed by atoms with Crippen LogP contribution in [0.2, 0.25) is 5.02 Å². The third kappa shape index (κ3) is 3.64. The minimum absolute atomic E-state index is 0.0268. The highest BCUT2D eigenvalue weighted by molar-refractivity contribution is 9.10. The fourth-order valence-corrected chi connectivity index (χ4v) is 2.43. The van der Waals surface area contributed by atoms with E-state index < -0.39 is 0 Å². The maximum Gasteiger partial charge on any atom is 0.172 e. The van der Waals surface area contributed by atoms with Gasteiger partial charge in [0.25, 0.3) is 0 Å². The first-order valence-corrected chi connectivity index (χ1v) is 7.42. The van der Waals surface area contributed by atoms with Gasteiger partial charge in [0.1, 0.15) is 5.75 Å². The Morgan fingerprint density at radius 2 is 1.86 bits per heavy atom. The van der Waals surface area contributed by atoms with Crippen molar-refractivity contribution in [3.8, 4) is 17.2 Å². The summed E-state index contributed by atoms with van der Waals surface area (Å²) in [5, 5.41) is 14.5. The van der Waals surface area contributed by atoms with E-state index in [0.29, 0.717) is 26.6 Å². The van der Waals surface area contributed by atoms with E-state index in [4.69, 9.17) is 21.1 Å². The van der Waals surface area contributed by atoms with Crippen LogP contribution < -0.4 is 14.9 Å². The molecule has 0 aliphatic carbocycles. The number of phenolic OH excluding ortho intramolecular Hbond substituents is 1. The summed E-state index contributed by atoms with van der Waals surface area (Å²) in [4.78, 5) is 0. The minimum Gasteiger partial charge on any atom is -0.503 e. The molecule has 0 bridgehead atoms. The van der Waals surface area contributed by atoms with Crippen LogP contribution in [-0.2, 0) is 0 Å². The van der Waals surface area contributed by atoms with E-state index in [1.165, 1.54) is 7.11 Å². The summed E-state index contributed by atoms with van der Waals surface area (Å²) >= 11 is 9.34. The average Bonchev–Trinajstić information content (AvgIpc) is 2.52. The number of aromatic hydroxyl groups is 1. The van der Waals surface area contributed by atoms with Gasteiger partial charge in [-0.05, 0) is 46.3 Å². The van der Waals surface area contributed by atoms with Crippen molar-refractivity contribution in [1.82, 2.24) is 0 Å². The predicted molar refractivity (Wildman–Crippen MR) is 91.6 cm³/mol. The van der Waals surface area contributed by atoms with Crippen molar-refractivity contribution in [3.63, 3.8) is 0 Å². The zero-order chi connectivity index (χ0) is 16.1. The fraction of sp³-hybridized carbons (Fsp3) is 0.133. The molecule has 116 valence electrons. The molecule has 0 unspecified atom stereocenters. The van der Waals surface area contributed by atoms with E-state index in [1.807, 2.05) is 0 Å². The van der Waals surface area contributed by atoms with Crippen LogP contribution in [0.4, 0.5) is 5.69 Å². The molecule has 2 N–H and O–H groups in total. The number of benzene rings is 2. The molecule has 0 radical (unpaired) electrons. The molecular formula is C15H14BrClN2O3. The molecule has 0 saturated heterocycles. The number of hydrogen-bond donors (Lipinski definition) is 2. The normalized spacial score (nSPS) is 10.7. The van der Waals surface area contributed by atoms with Crippen molar-refractivity contribution in [2.45, 2.75) is 0 Å². The summed E-state index contributed by atoms with van der Waals surface area (Å²) in [6, 6.07) is 8.68. The van der Waals surface area contributed by atoms with Gasteiger partial charge in [0.05, 0.1) is 35.6 Å². The first-order chi connectivity index (χ1) is 10.6. The molecule has 0 fully saturated rings. The Labute approximate surface area is 141 Å². The smallest absolute Gasteiger partial charge is 0.172 e. The molecule has 0 spiro atoms. The van der Waals surface area contributed by atoms with Gasteiger partial charge < -0.3 is 14.6 Å². The molecule has 0 aliphatic heterocycles. The van der Waals surface area contributed by atoms with Crippen molar-refractivity contribution < 1.29 is 14.6 Å². The van der Waals surface area contributed by atoms with Gasteiger partial charge >= 0.3 is 0 Å². The largest absolute Gasteiger partial charge is 0.503 e. The number of ether oxygens (including phenoxy) is 2. The molecule has 0 heterocycles. The molecule has 2 aromatic rings. The van der Waals surface area contributed by atoms with Gasteiger partial charge in [0, 0.05) is 5.56 Å². The second-order valence-electron chi connectivity index (χ2n) is 4.24. The molecule has 2 rings (SSSR count). The third-order valence-corrected chi connectivity index (χ3v) is 4.01. The van der Waals surface area contributed by atoms with Crippen LogP contribution in [0.5, 0.6) is 17.2 Å². The highest BCUT2D eigenvalue weighted by Crippen LogP contribution is 2.35. The number of methoxy groups -OCH3 is 2. The highest BCUT2D eigenvalue weighted by Gasteiger charge is 2.09. The molecule has 0 atom stereocenters. The maximum absolute atomic E-state index is 9.90. The molecule has 5 nitrogen and oxygen atoms in total. The summed E-state index contributed by atoms with van der Waals surface area (Å²) in [6.45, 7) is 0. The maximum atomic E-state index is 9.90. The Morgan fingerprint density at radius 1 is 1.18 bits per heavy atom. The molecular weight excluding hydrogens is 372 g/mol. The average molecular weight is 386 g/mol. The zero-order valence-corrected chi connectivity index (χ0v) is 14.3. The van der Waals surface area contributed by atoms with Crippen LogP contribution in [0.1, 0.15) is 5.56 Å². The summed E-state index contributed by atoms with van der Waals surface area (Å²) in [6.07, 6.45) is 1.57. The van der Waals surface area contributed by atoms with Gasteiger partial charge in [-0.3, -0.25) is 5.43 Å². The molecule has 2 aromatic carbocycles. The molecule has 0 aliphatic rings. The highest BCUT2D eigenvalue weighted by atomic mass is 79.9. The van der Waals surface area contributed by atoms with E-state index in [9.17, 15) is 5.11 Å². The first kappa shape index (κ1) is 16.5. The number of rotatable bonds is 5. The second kappa shape index (κ2) is 7.38. The zero-order valence-electron chi connectivity index (χ0n) is 11.9. The number of hydrogen-bond acceptors (Lipinski definition) is 5. The molecule has 0 saturated carbocycles. The SMILES string of the molecule is COc1ccc(N/N=C/c2ccc(OC)c(O)c2Br)cc1Cl. The summed E-state index contributed by atoms with van der Waals surface area (Å²) < 4.78 is 10.6. The monoisotopic (exact) mass is 384 g/mol. The Morgan fingerprint density at radius 3 is 2.50 bits per heavy atom. The standard InChI is InChI=1S/C15H14BrClN2O3/c1-21-12-6-4-10(7-11(12)17)19-18-8-9-3-5-13(22-2)15(20)14(9)16/h3-8,19-20H,1-2H3/b18-8+. The van der Waals surface area contributed by atoms with Crippen LogP contribution in [0, 0.1) is 0 Å². The van der Waals surface area contributed by atoms with Gasteiger partial charge in [0.2, 0.25) is 0 Å². The Balaban J connectivity index is 2.13. The molecule has 0 aromatic heterocycles. The van der Waals surface area contributed by atoms with Crippen molar-refractivity contribution >= 4 is 39.4 Å². The summed E-state index contributed by atoms with van der Waals surface area (Å²) in [7, 11) is 3.05. The summed E-state index contributed by atoms with van der Waals surface area (Å²) in [5.41, 5.74) is 4.27. The van der Waals surface area contributed by atoms with E-state index in [1.54, 1.807) is 43.7 Å². The van der Waals surface area contributed by atoms with Gasteiger partial charge in [-0.15, -0.1) is 0 Å². The minimum atomic E-state index is 0.0268. The van der Waals surface area contributed by atoms with E-state index >= 15 is 0 Å². The topological polar surface area (TPSA) is 63.1 Å². The Kier molecular flexibility index (Phi) is 5.51. The predicted octanol–water partition coefficient (Wildman–Crippen LogP) is 4.27.